The van der Waals surface area contributed by atoms with Crippen LogP contribution >= 0.6 is 38.9 Å². The predicted molar refractivity (Wildman–Crippen MR) is 76.1 cm³/mol. The maximum Gasteiger partial charge on any atom is 0.119 e. The summed E-state index contributed by atoms with van der Waals surface area (Å²) in [6.07, 6.45) is 0. The van der Waals surface area contributed by atoms with Crippen molar-refractivity contribution >= 4 is 38.9 Å². The molecule has 0 saturated heterocycles. The number of hydrogen-bond acceptors (Lipinski definition) is 3. The largest absolute Gasteiger partial charge is 0.497 e. The molecule has 2 nitrogen and oxygen atoms in total. The molecule has 2 rings (SSSR count). The number of nitrogens with two attached hydrogens (primary N) is 1. The molecular formula is C12H11BrClNOS. The van der Waals surface area contributed by atoms with Crippen LogP contribution in [0.15, 0.2) is 34.8 Å². The van der Waals surface area contributed by atoms with E-state index in [0.29, 0.717) is 0 Å². The van der Waals surface area contributed by atoms with E-state index >= 15 is 0 Å². The highest BCUT2D eigenvalue weighted by molar-refractivity contribution is 9.10. The first-order valence-electron chi connectivity index (χ1n) is 4.96. The molecule has 0 aliphatic heterocycles. The standard InChI is InChI=1S/C12H11BrClNOS/c1-16-8-4-2-3-7(5-8)11(15)10-6-9(13)12(14)17-10/h2-6,11H,15H2,1H3. The average Bonchev–Trinajstić information content (AvgIpc) is 2.69. The molecular weight excluding hydrogens is 322 g/mol. The van der Waals surface area contributed by atoms with Gasteiger partial charge in [0.05, 0.1) is 13.2 Å². The summed E-state index contributed by atoms with van der Waals surface area (Å²) in [6.45, 7) is 0. The van der Waals surface area contributed by atoms with Crippen molar-refractivity contribution in [3.8, 4) is 5.75 Å². The van der Waals surface area contributed by atoms with Gasteiger partial charge in [-0.1, -0.05) is 23.7 Å². The summed E-state index contributed by atoms with van der Waals surface area (Å²) < 4.78 is 6.79. The van der Waals surface area contributed by atoms with E-state index < -0.39 is 0 Å². The first-order chi connectivity index (χ1) is 8.11. The lowest BCUT2D eigenvalue weighted by molar-refractivity contribution is 0.414. The Morgan fingerprint density at radius 1 is 1.41 bits per heavy atom. The number of halogens is 2. The smallest absolute Gasteiger partial charge is 0.119 e. The van der Waals surface area contributed by atoms with Crippen molar-refractivity contribution in [1.82, 2.24) is 0 Å². The Hall–Kier alpha value is -0.550. The van der Waals surface area contributed by atoms with Crippen molar-refractivity contribution in [3.63, 3.8) is 0 Å². The van der Waals surface area contributed by atoms with Crippen LogP contribution in [0.25, 0.3) is 0 Å². The highest BCUT2D eigenvalue weighted by Crippen LogP contribution is 2.36. The van der Waals surface area contributed by atoms with Gasteiger partial charge in [-0.25, -0.2) is 0 Å². The SMILES string of the molecule is COc1cccc(C(N)c2cc(Br)c(Cl)s2)c1. The zero-order valence-corrected chi connectivity index (χ0v) is 12.3. The van der Waals surface area contributed by atoms with E-state index in [9.17, 15) is 0 Å². The summed E-state index contributed by atoms with van der Waals surface area (Å²) >= 11 is 10.9. The van der Waals surface area contributed by atoms with Gasteiger partial charge in [-0.15, -0.1) is 11.3 Å². The van der Waals surface area contributed by atoms with Crippen LogP contribution in [0.1, 0.15) is 16.5 Å². The minimum atomic E-state index is -0.182. The highest BCUT2D eigenvalue weighted by atomic mass is 79.9. The molecule has 0 amide bonds. The van der Waals surface area contributed by atoms with Gasteiger partial charge in [0.25, 0.3) is 0 Å². The monoisotopic (exact) mass is 331 g/mol. The number of ether oxygens (including phenoxy) is 1. The third-order valence-electron chi connectivity index (χ3n) is 2.42. The van der Waals surface area contributed by atoms with Crippen LogP contribution in [-0.2, 0) is 0 Å². The van der Waals surface area contributed by atoms with Crippen LogP contribution in [0.3, 0.4) is 0 Å². The van der Waals surface area contributed by atoms with E-state index in [1.54, 1.807) is 7.11 Å². The maximum atomic E-state index is 6.20. The van der Waals surface area contributed by atoms with Crippen LogP contribution in [-0.4, -0.2) is 7.11 Å². The summed E-state index contributed by atoms with van der Waals surface area (Å²) in [5.41, 5.74) is 7.21. The Morgan fingerprint density at radius 3 is 2.76 bits per heavy atom. The summed E-state index contributed by atoms with van der Waals surface area (Å²) in [5, 5.41) is 0. The van der Waals surface area contributed by atoms with Gasteiger partial charge >= 0.3 is 0 Å². The molecule has 2 aromatic rings. The summed E-state index contributed by atoms with van der Waals surface area (Å²) in [6, 6.07) is 9.52. The first kappa shape index (κ1) is 12.9. The number of hydrogen-bond donors (Lipinski definition) is 1. The van der Waals surface area contributed by atoms with Crippen molar-refractivity contribution in [3.05, 3.63) is 49.6 Å². The van der Waals surface area contributed by atoms with Gasteiger partial charge in [-0.3, -0.25) is 0 Å². The van der Waals surface area contributed by atoms with Crippen LogP contribution in [0, 0.1) is 0 Å². The minimum absolute atomic E-state index is 0.182. The van der Waals surface area contributed by atoms with Gasteiger partial charge in [0.2, 0.25) is 0 Å². The number of thiophene rings is 1. The van der Waals surface area contributed by atoms with Gasteiger partial charge in [0.1, 0.15) is 10.1 Å². The third kappa shape index (κ3) is 2.83. The van der Waals surface area contributed by atoms with Gasteiger partial charge in [0.15, 0.2) is 0 Å². The van der Waals surface area contributed by atoms with E-state index in [1.165, 1.54) is 11.3 Å². The predicted octanol–water partition coefficient (Wildman–Crippen LogP) is 4.22. The Bertz CT molecular complexity index is 509. The Labute approximate surface area is 117 Å². The van der Waals surface area contributed by atoms with Crippen molar-refractivity contribution in [2.75, 3.05) is 7.11 Å². The topological polar surface area (TPSA) is 35.2 Å². The summed E-state index contributed by atoms with van der Waals surface area (Å²) in [5.74, 6) is 0.805. The molecule has 1 heterocycles. The van der Waals surface area contributed by atoms with Gasteiger partial charge < -0.3 is 10.5 Å². The second kappa shape index (κ2) is 5.40. The molecule has 1 unspecified atom stereocenters. The molecule has 0 aliphatic carbocycles. The number of rotatable bonds is 3. The van der Waals surface area contributed by atoms with Crippen LogP contribution < -0.4 is 10.5 Å². The normalized spacial score (nSPS) is 12.5. The molecule has 90 valence electrons. The quantitative estimate of drug-likeness (QED) is 0.913. The lowest BCUT2D eigenvalue weighted by atomic mass is 10.1. The Balaban J connectivity index is 2.32. The molecule has 1 aromatic heterocycles. The van der Waals surface area contributed by atoms with Crippen molar-refractivity contribution in [2.24, 2.45) is 5.73 Å². The zero-order chi connectivity index (χ0) is 12.4. The molecule has 1 aromatic carbocycles. The second-order valence-corrected chi connectivity index (χ2v) is 6.06. The molecule has 17 heavy (non-hydrogen) atoms. The molecule has 0 radical (unpaired) electrons. The molecule has 0 aliphatic rings. The molecule has 0 fully saturated rings. The van der Waals surface area contributed by atoms with Crippen molar-refractivity contribution in [1.29, 1.82) is 0 Å². The maximum absolute atomic E-state index is 6.20. The fraction of sp³-hybridized carbons (Fsp3) is 0.167. The van der Waals surface area contributed by atoms with E-state index in [1.807, 2.05) is 30.3 Å². The fourth-order valence-electron chi connectivity index (χ4n) is 1.52. The number of benzene rings is 1. The second-order valence-electron chi connectivity index (χ2n) is 3.52. The van der Waals surface area contributed by atoms with Crippen LogP contribution in [0.2, 0.25) is 4.34 Å². The summed E-state index contributed by atoms with van der Waals surface area (Å²) in [4.78, 5) is 1.02. The van der Waals surface area contributed by atoms with Gasteiger partial charge in [-0.2, -0.15) is 0 Å². The molecule has 0 bridgehead atoms. The fourth-order valence-corrected chi connectivity index (χ4v) is 3.28. The molecule has 0 saturated carbocycles. The van der Waals surface area contributed by atoms with E-state index in [4.69, 9.17) is 22.1 Å². The zero-order valence-electron chi connectivity index (χ0n) is 9.11. The summed E-state index contributed by atoms with van der Waals surface area (Å²) in [7, 11) is 1.64. The average molecular weight is 333 g/mol. The molecule has 2 N–H and O–H groups in total. The molecule has 5 heteroatoms. The number of methoxy groups -OCH3 is 1. The first-order valence-corrected chi connectivity index (χ1v) is 6.95. The molecule has 1 atom stereocenters. The molecule has 0 spiro atoms. The van der Waals surface area contributed by atoms with E-state index in [0.717, 1.165) is 25.0 Å². The Morgan fingerprint density at radius 2 is 2.18 bits per heavy atom. The lowest BCUT2D eigenvalue weighted by Crippen LogP contribution is -2.10. The minimum Gasteiger partial charge on any atom is -0.497 e. The van der Waals surface area contributed by atoms with E-state index in [-0.39, 0.29) is 6.04 Å². The van der Waals surface area contributed by atoms with Crippen molar-refractivity contribution in [2.45, 2.75) is 6.04 Å². The van der Waals surface area contributed by atoms with E-state index in [2.05, 4.69) is 15.9 Å². The third-order valence-corrected chi connectivity index (χ3v) is 4.98. The highest BCUT2D eigenvalue weighted by Gasteiger charge is 2.14. The van der Waals surface area contributed by atoms with Gasteiger partial charge in [0, 0.05) is 9.35 Å². The van der Waals surface area contributed by atoms with Crippen molar-refractivity contribution < 1.29 is 4.74 Å². The van der Waals surface area contributed by atoms with Crippen LogP contribution in [0.5, 0.6) is 5.75 Å². The van der Waals surface area contributed by atoms with Crippen LogP contribution in [0.4, 0.5) is 0 Å². The Kier molecular flexibility index (Phi) is 4.09. The lowest BCUT2D eigenvalue weighted by Gasteiger charge is -2.11. The van der Waals surface area contributed by atoms with Gasteiger partial charge in [-0.05, 0) is 39.7 Å².